The number of carbonyl (C=O) groups excluding carboxylic acids is 1. The third kappa shape index (κ3) is 8.64. The van der Waals surface area contributed by atoms with Crippen molar-refractivity contribution >= 4 is 35.8 Å². The Morgan fingerprint density at radius 1 is 0.968 bits per heavy atom. The molecule has 0 saturated carbocycles. The highest BCUT2D eigenvalue weighted by atomic mass is 127. The molecule has 0 atom stereocenters. The van der Waals surface area contributed by atoms with Crippen molar-refractivity contribution in [1.82, 2.24) is 16.0 Å². The molecule has 0 fully saturated rings. The van der Waals surface area contributed by atoms with E-state index < -0.39 is 0 Å². The van der Waals surface area contributed by atoms with Gasteiger partial charge in [0.2, 0.25) is 0 Å². The molecule has 2 aromatic carbocycles. The van der Waals surface area contributed by atoms with Crippen LogP contribution in [0.4, 0.5) is 0 Å². The maximum Gasteiger partial charge on any atom is 0.251 e. The summed E-state index contributed by atoms with van der Waals surface area (Å²) in [4.78, 5) is 16.4. The zero-order valence-corrected chi connectivity index (χ0v) is 21.0. The molecule has 0 aliphatic heterocycles. The summed E-state index contributed by atoms with van der Waals surface area (Å²) in [5.74, 6) is 2.15. The van der Waals surface area contributed by atoms with Crippen LogP contribution in [0.25, 0.3) is 0 Å². The van der Waals surface area contributed by atoms with Gasteiger partial charge in [-0.3, -0.25) is 9.79 Å². The standard InChI is InChI=1S/C23H32N4O3.HI/c1-5-25-23(26-13-11-17-7-6-8-19(15-17)22(28)24-2)27-14-12-18-9-10-20(29-3)21(16-18)30-4;/h6-10,15-16H,5,11-14H2,1-4H3,(H,24,28)(H2,25,26,27);1H. The molecule has 0 radical (unpaired) electrons. The van der Waals surface area contributed by atoms with E-state index in [0.717, 1.165) is 54.5 Å². The van der Waals surface area contributed by atoms with Gasteiger partial charge in [0.25, 0.3) is 5.91 Å². The van der Waals surface area contributed by atoms with Crippen LogP contribution in [0, 0.1) is 0 Å². The topological polar surface area (TPSA) is 84.0 Å². The normalized spacial score (nSPS) is 10.6. The first kappa shape index (κ1) is 26.5. The molecule has 0 spiro atoms. The van der Waals surface area contributed by atoms with E-state index in [4.69, 9.17) is 9.47 Å². The number of guanidine groups is 1. The van der Waals surface area contributed by atoms with E-state index in [9.17, 15) is 4.79 Å². The average molecular weight is 540 g/mol. The highest BCUT2D eigenvalue weighted by Gasteiger charge is 2.06. The fourth-order valence-electron chi connectivity index (χ4n) is 3.01. The Morgan fingerprint density at radius 3 is 2.39 bits per heavy atom. The SMILES string of the molecule is CCNC(=NCCc1ccc(OC)c(OC)c1)NCCc1cccc(C(=O)NC)c1.I. The van der Waals surface area contributed by atoms with Gasteiger partial charge in [-0.2, -0.15) is 0 Å². The number of ether oxygens (including phenoxy) is 2. The number of nitrogens with zero attached hydrogens (tertiary/aromatic N) is 1. The molecule has 2 aromatic rings. The smallest absolute Gasteiger partial charge is 0.251 e. The molecule has 7 nitrogen and oxygen atoms in total. The monoisotopic (exact) mass is 540 g/mol. The number of carbonyl (C=O) groups is 1. The Balaban J connectivity index is 0.00000480. The minimum atomic E-state index is -0.0742. The van der Waals surface area contributed by atoms with Crippen molar-refractivity contribution in [3.63, 3.8) is 0 Å². The quantitative estimate of drug-likeness (QED) is 0.245. The lowest BCUT2D eigenvalue weighted by molar-refractivity contribution is 0.0963. The Labute approximate surface area is 202 Å². The third-order valence-corrected chi connectivity index (χ3v) is 4.58. The van der Waals surface area contributed by atoms with Gasteiger partial charge >= 0.3 is 0 Å². The van der Waals surface area contributed by atoms with Gasteiger partial charge < -0.3 is 25.4 Å². The minimum absolute atomic E-state index is 0. The Hall–Kier alpha value is -2.49. The number of hydrogen-bond donors (Lipinski definition) is 3. The van der Waals surface area contributed by atoms with Crippen molar-refractivity contribution in [2.24, 2.45) is 4.99 Å². The first-order valence-electron chi connectivity index (χ1n) is 10.1. The van der Waals surface area contributed by atoms with Crippen LogP contribution in [-0.4, -0.2) is 52.8 Å². The van der Waals surface area contributed by atoms with Crippen LogP contribution in [0.15, 0.2) is 47.5 Å². The van der Waals surface area contributed by atoms with E-state index in [2.05, 4.69) is 20.9 Å². The predicted molar refractivity (Wildman–Crippen MR) is 136 cm³/mol. The molecule has 170 valence electrons. The maximum atomic E-state index is 11.8. The lowest BCUT2D eigenvalue weighted by Crippen LogP contribution is -2.38. The van der Waals surface area contributed by atoms with Crippen molar-refractivity contribution < 1.29 is 14.3 Å². The molecule has 0 bridgehead atoms. The van der Waals surface area contributed by atoms with Gasteiger partial charge in [-0.25, -0.2) is 0 Å². The van der Waals surface area contributed by atoms with E-state index in [-0.39, 0.29) is 29.9 Å². The molecular formula is C23H33IN4O3. The van der Waals surface area contributed by atoms with Crippen LogP contribution in [0.2, 0.25) is 0 Å². The van der Waals surface area contributed by atoms with Crippen LogP contribution < -0.4 is 25.4 Å². The van der Waals surface area contributed by atoms with E-state index in [1.54, 1.807) is 21.3 Å². The number of halogens is 1. The molecule has 31 heavy (non-hydrogen) atoms. The second kappa shape index (κ2) is 14.5. The number of amides is 1. The van der Waals surface area contributed by atoms with Gasteiger partial charge in [-0.15, -0.1) is 24.0 Å². The van der Waals surface area contributed by atoms with Gasteiger partial charge in [-0.1, -0.05) is 18.2 Å². The predicted octanol–water partition coefficient (Wildman–Crippen LogP) is 3.02. The van der Waals surface area contributed by atoms with E-state index in [0.29, 0.717) is 12.1 Å². The number of hydrogen-bond acceptors (Lipinski definition) is 4. The summed E-state index contributed by atoms with van der Waals surface area (Å²) in [6, 6.07) is 13.6. The van der Waals surface area contributed by atoms with Gasteiger partial charge in [0, 0.05) is 32.2 Å². The number of nitrogens with one attached hydrogen (secondary N) is 3. The fourth-order valence-corrected chi connectivity index (χ4v) is 3.01. The molecule has 2 rings (SSSR count). The summed E-state index contributed by atoms with van der Waals surface area (Å²) in [6.07, 6.45) is 1.59. The Morgan fingerprint density at radius 2 is 1.71 bits per heavy atom. The molecule has 0 aromatic heterocycles. The molecule has 0 saturated heterocycles. The van der Waals surface area contributed by atoms with E-state index in [1.807, 2.05) is 49.4 Å². The van der Waals surface area contributed by atoms with Crippen LogP contribution in [0.3, 0.4) is 0 Å². The van der Waals surface area contributed by atoms with Crippen LogP contribution in [0.1, 0.15) is 28.4 Å². The second-order valence-electron chi connectivity index (χ2n) is 6.66. The van der Waals surface area contributed by atoms with Crippen molar-refractivity contribution in [3.8, 4) is 11.5 Å². The van der Waals surface area contributed by atoms with Crippen LogP contribution in [0.5, 0.6) is 11.5 Å². The van der Waals surface area contributed by atoms with E-state index in [1.165, 1.54) is 0 Å². The molecule has 3 N–H and O–H groups in total. The molecule has 0 aliphatic carbocycles. The average Bonchev–Trinajstić information content (AvgIpc) is 2.78. The number of rotatable bonds is 10. The first-order valence-corrected chi connectivity index (χ1v) is 10.1. The summed E-state index contributed by atoms with van der Waals surface area (Å²) in [7, 11) is 4.90. The van der Waals surface area contributed by atoms with E-state index >= 15 is 0 Å². The van der Waals surface area contributed by atoms with Crippen molar-refractivity contribution in [1.29, 1.82) is 0 Å². The highest BCUT2D eigenvalue weighted by Crippen LogP contribution is 2.27. The number of aliphatic imine (C=N–C) groups is 1. The number of methoxy groups -OCH3 is 2. The van der Waals surface area contributed by atoms with Gasteiger partial charge in [-0.05, 0) is 55.2 Å². The minimum Gasteiger partial charge on any atom is -0.493 e. The summed E-state index contributed by atoms with van der Waals surface area (Å²) in [5.41, 5.74) is 2.91. The summed E-state index contributed by atoms with van der Waals surface area (Å²) in [6.45, 7) is 4.20. The Kier molecular flexibility index (Phi) is 12.4. The van der Waals surface area contributed by atoms with Gasteiger partial charge in [0.05, 0.1) is 14.2 Å². The highest BCUT2D eigenvalue weighted by molar-refractivity contribution is 14.0. The lowest BCUT2D eigenvalue weighted by atomic mass is 10.1. The second-order valence-corrected chi connectivity index (χ2v) is 6.66. The van der Waals surface area contributed by atoms with Crippen molar-refractivity contribution in [3.05, 3.63) is 59.2 Å². The molecular weight excluding hydrogens is 507 g/mol. The summed E-state index contributed by atoms with van der Waals surface area (Å²) in [5, 5.41) is 9.27. The van der Waals surface area contributed by atoms with Gasteiger partial charge in [0.1, 0.15) is 0 Å². The van der Waals surface area contributed by atoms with Crippen molar-refractivity contribution in [2.45, 2.75) is 19.8 Å². The van der Waals surface area contributed by atoms with Crippen LogP contribution in [-0.2, 0) is 12.8 Å². The Bertz CT molecular complexity index is 858. The number of benzene rings is 2. The first-order chi connectivity index (χ1) is 14.6. The molecule has 0 unspecified atom stereocenters. The fraction of sp³-hybridized carbons (Fsp3) is 0.391. The largest absolute Gasteiger partial charge is 0.493 e. The molecule has 0 heterocycles. The van der Waals surface area contributed by atoms with Crippen molar-refractivity contribution in [2.75, 3.05) is 40.9 Å². The maximum absolute atomic E-state index is 11.8. The summed E-state index contributed by atoms with van der Waals surface area (Å²) >= 11 is 0. The van der Waals surface area contributed by atoms with Crippen LogP contribution >= 0.6 is 24.0 Å². The zero-order valence-electron chi connectivity index (χ0n) is 18.7. The molecule has 0 aliphatic rings. The molecule has 8 heteroatoms. The summed E-state index contributed by atoms with van der Waals surface area (Å²) < 4.78 is 10.6. The third-order valence-electron chi connectivity index (χ3n) is 4.58. The lowest BCUT2D eigenvalue weighted by Gasteiger charge is -2.12. The van der Waals surface area contributed by atoms with Gasteiger partial charge in [0.15, 0.2) is 17.5 Å². The zero-order chi connectivity index (χ0) is 21.8. The molecule has 1 amide bonds.